The number of aryl methyl sites for hydroxylation is 3. The van der Waals surface area contributed by atoms with Gasteiger partial charge in [-0.1, -0.05) is 17.7 Å². The maximum atomic E-state index is 12.2. The molecule has 0 fully saturated rings. The zero-order valence-electron chi connectivity index (χ0n) is 8.50. The lowest BCUT2D eigenvalue weighted by molar-refractivity contribution is -0.127. The second kappa shape index (κ2) is 3.64. The molecule has 78 valence electrons. The van der Waals surface area contributed by atoms with Crippen LogP contribution in [0.15, 0.2) is 12.1 Å². The van der Waals surface area contributed by atoms with Crippen LogP contribution in [0.3, 0.4) is 0 Å². The van der Waals surface area contributed by atoms with Crippen LogP contribution in [0.2, 0.25) is 0 Å². The molecule has 0 unspecified atom stereocenters. The highest BCUT2D eigenvalue weighted by Crippen LogP contribution is 2.26. The van der Waals surface area contributed by atoms with Gasteiger partial charge in [0, 0.05) is 0 Å². The fourth-order valence-corrected chi connectivity index (χ4v) is 1.69. The third kappa shape index (κ3) is 2.76. The van der Waals surface area contributed by atoms with Crippen LogP contribution in [0, 0.1) is 20.8 Å². The van der Waals surface area contributed by atoms with Crippen molar-refractivity contribution >= 4 is 0 Å². The van der Waals surface area contributed by atoms with Gasteiger partial charge in [0.1, 0.15) is 0 Å². The molecule has 0 aliphatic heterocycles. The molecule has 0 saturated carbocycles. The van der Waals surface area contributed by atoms with E-state index in [0.29, 0.717) is 5.56 Å². The van der Waals surface area contributed by atoms with Crippen molar-refractivity contribution in [1.82, 2.24) is 0 Å². The van der Waals surface area contributed by atoms with E-state index in [1.165, 1.54) is 0 Å². The minimum Gasteiger partial charge on any atom is -0.171 e. The number of hydrogen-bond donors (Lipinski definition) is 0. The highest BCUT2D eigenvalue weighted by Gasteiger charge is 2.29. The van der Waals surface area contributed by atoms with Gasteiger partial charge in [-0.3, -0.25) is 0 Å². The number of alkyl halides is 3. The Morgan fingerprint density at radius 2 is 1.43 bits per heavy atom. The van der Waals surface area contributed by atoms with Crippen LogP contribution >= 0.6 is 0 Å². The Morgan fingerprint density at radius 3 is 1.79 bits per heavy atom. The molecule has 0 nitrogen and oxygen atoms in total. The molecule has 0 spiro atoms. The molecular formula is C11H13F3. The zero-order valence-corrected chi connectivity index (χ0v) is 8.50. The predicted octanol–water partition coefficient (Wildman–Crippen LogP) is 3.72. The van der Waals surface area contributed by atoms with Gasteiger partial charge in [0.25, 0.3) is 0 Å². The predicted molar refractivity (Wildman–Crippen MR) is 50.4 cm³/mol. The van der Waals surface area contributed by atoms with E-state index in [1.54, 1.807) is 26.0 Å². The van der Waals surface area contributed by atoms with Crippen molar-refractivity contribution in [3.63, 3.8) is 0 Å². The SMILES string of the molecule is Cc1cc(C)c(CC(F)(F)F)c(C)c1. The van der Waals surface area contributed by atoms with E-state index in [4.69, 9.17) is 0 Å². The minimum atomic E-state index is -4.12. The van der Waals surface area contributed by atoms with Gasteiger partial charge in [-0.25, -0.2) is 0 Å². The summed E-state index contributed by atoms with van der Waals surface area (Å²) in [6.45, 7) is 5.33. The molecule has 0 heterocycles. The third-order valence-electron chi connectivity index (χ3n) is 2.22. The van der Waals surface area contributed by atoms with E-state index < -0.39 is 12.6 Å². The third-order valence-corrected chi connectivity index (χ3v) is 2.22. The van der Waals surface area contributed by atoms with Crippen molar-refractivity contribution in [3.8, 4) is 0 Å². The van der Waals surface area contributed by atoms with E-state index in [2.05, 4.69) is 0 Å². The summed E-state index contributed by atoms with van der Waals surface area (Å²) in [7, 11) is 0. The molecule has 0 amide bonds. The van der Waals surface area contributed by atoms with Gasteiger partial charge in [-0.05, 0) is 37.5 Å². The Labute approximate surface area is 81.8 Å². The molecule has 3 heteroatoms. The molecular weight excluding hydrogens is 189 g/mol. The normalized spacial score (nSPS) is 11.9. The molecule has 14 heavy (non-hydrogen) atoms. The Morgan fingerprint density at radius 1 is 1.00 bits per heavy atom. The Balaban J connectivity index is 3.09. The molecule has 0 saturated heterocycles. The van der Waals surface area contributed by atoms with E-state index >= 15 is 0 Å². The van der Waals surface area contributed by atoms with Crippen molar-refractivity contribution in [1.29, 1.82) is 0 Å². The smallest absolute Gasteiger partial charge is 0.171 e. The summed E-state index contributed by atoms with van der Waals surface area (Å²) < 4.78 is 36.6. The molecule has 0 N–H and O–H groups in total. The van der Waals surface area contributed by atoms with E-state index in [-0.39, 0.29) is 0 Å². The monoisotopic (exact) mass is 202 g/mol. The second-order valence-corrected chi connectivity index (χ2v) is 3.67. The lowest BCUT2D eigenvalue weighted by Crippen LogP contribution is -2.13. The maximum absolute atomic E-state index is 12.2. The number of halogens is 3. The fourth-order valence-electron chi connectivity index (χ4n) is 1.69. The maximum Gasteiger partial charge on any atom is 0.393 e. The fraction of sp³-hybridized carbons (Fsp3) is 0.455. The van der Waals surface area contributed by atoms with Crippen LogP contribution in [-0.4, -0.2) is 6.18 Å². The topological polar surface area (TPSA) is 0 Å². The van der Waals surface area contributed by atoms with E-state index in [0.717, 1.165) is 16.7 Å². The van der Waals surface area contributed by atoms with Crippen molar-refractivity contribution < 1.29 is 13.2 Å². The molecule has 1 aromatic rings. The first kappa shape index (κ1) is 11.1. The van der Waals surface area contributed by atoms with Crippen molar-refractivity contribution in [2.24, 2.45) is 0 Å². The van der Waals surface area contributed by atoms with E-state index in [9.17, 15) is 13.2 Å². The Kier molecular flexibility index (Phi) is 2.88. The average Bonchev–Trinajstić information content (AvgIpc) is 1.95. The summed E-state index contributed by atoms with van der Waals surface area (Å²) in [5.74, 6) is 0. The van der Waals surface area contributed by atoms with Crippen molar-refractivity contribution in [2.45, 2.75) is 33.4 Å². The molecule has 1 aromatic carbocycles. The molecule has 1 rings (SSSR count). The molecule has 0 bridgehead atoms. The summed E-state index contributed by atoms with van der Waals surface area (Å²) in [5.41, 5.74) is 2.86. The standard InChI is InChI=1S/C11H13F3/c1-7-4-8(2)10(9(3)5-7)6-11(12,13)14/h4-5H,6H2,1-3H3. The molecule has 0 aromatic heterocycles. The largest absolute Gasteiger partial charge is 0.393 e. The first-order valence-corrected chi connectivity index (χ1v) is 4.43. The minimum absolute atomic E-state index is 0.406. The van der Waals surface area contributed by atoms with Crippen molar-refractivity contribution in [2.75, 3.05) is 0 Å². The second-order valence-electron chi connectivity index (χ2n) is 3.67. The number of benzene rings is 1. The zero-order chi connectivity index (χ0) is 10.9. The van der Waals surface area contributed by atoms with Crippen LogP contribution < -0.4 is 0 Å². The molecule has 0 aliphatic carbocycles. The van der Waals surface area contributed by atoms with Crippen LogP contribution in [0.4, 0.5) is 13.2 Å². The van der Waals surface area contributed by atoms with Gasteiger partial charge >= 0.3 is 6.18 Å². The highest BCUT2D eigenvalue weighted by atomic mass is 19.4. The molecule has 0 aliphatic rings. The first-order chi connectivity index (χ1) is 6.29. The van der Waals surface area contributed by atoms with Gasteiger partial charge in [0.05, 0.1) is 6.42 Å². The van der Waals surface area contributed by atoms with Gasteiger partial charge in [0.15, 0.2) is 0 Å². The lowest BCUT2D eigenvalue weighted by atomic mass is 9.97. The van der Waals surface area contributed by atoms with Gasteiger partial charge in [0.2, 0.25) is 0 Å². The Hall–Kier alpha value is -0.990. The number of rotatable bonds is 1. The average molecular weight is 202 g/mol. The van der Waals surface area contributed by atoms with Gasteiger partial charge in [-0.15, -0.1) is 0 Å². The van der Waals surface area contributed by atoms with Crippen LogP contribution in [0.1, 0.15) is 22.3 Å². The van der Waals surface area contributed by atoms with Gasteiger partial charge in [-0.2, -0.15) is 13.2 Å². The summed E-state index contributed by atoms with van der Waals surface area (Å²) >= 11 is 0. The van der Waals surface area contributed by atoms with E-state index in [1.807, 2.05) is 6.92 Å². The summed E-state index contributed by atoms with van der Waals surface area (Å²) in [5, 5.41) is 0. The lowest BCUT2D eigenvalue weighted by Gasteiger charge is -2.13. The summed E-state index contributed by atoms with van der Waals surface area (Å²) in [6.07, 6.45) is -4.95. The molecule has 0 radical (unpaired) electrons. The number of hydrogen-bond acceptors (Lipinski definition) is 0. The first-order valence-electron chi connectivity index (χ1n) is 4.43. The van der Waals surface area contributed by atoms with Crippen molar-refractivity contribution in [3.05, 3.63) is 34.4 Å². The van der Waals surface area contributed by atoms with Crippen LogP contribution in [0.25, 0.3) is 0 Å². The van der Waals surface area contributed by atoms with Gasteiger partial charge < -0.3 is 0 Å². The summed E-state index contributed by atoms with van der Waals surface area (Å²) in [4.78, 5) is 0. The summed E-state index contributed by atoms with van der Waals surface area (Å²) in [6, 6.07) is 3.57. The Bertz CT molecular complexity index is 314. The van der Waals surface area contributed by atoms with Crippen LogP contribution in [0.5, 0.6) is 0 Å². The highest BCUT2D eigenvalue weighted by molar-refractivity contribution is 5.37. The quantitative estimate of drug-likeness (QED) is 0.651. The van der Waals surface area contributed by atoms with Crippen LogP contribution in [-0.2, 0) is 6.42 Å². The molecule has 0 atom stereocenters.